The minimum Gasteiger partial charge on any atom is -0.462 e. The van der Waals surface area contributed by atoms with Crippen molar-refractivity contribution in [2.75, 3.05) is 6.61 Å². The molecule has 6 nitrogen and oxygen atoms in total. The summed E-state index contributed by atoms with van der Waals surface area (Å²) in [6.45, 7) is 6.49. The summed E-state index contributed by atoms with van der Waals surface area (Å²) >= 11 is 0. The summed E-state index contributed by atoms with van der Waals surface area (Å²) in [5.74, 6) is -0.471. The lowest BCUT2D eigenvalue weighted by atomic mass is 10.0. The van der Waals surface area contributed by atoms with Gasteiger partial charge in [0.15, 0.2) is 0 Å². The van der Waals surface area contributed by atoms with Crippen LogP contribution in [0.3, 0.4) is 0 Å². The molecule has 388 valence electrons. The van der Waals surface area contributed by atoms with Crippen molar-refractivity contribution in [3.8, 4) is 0 Å². The largest absolute Gasteiger partial charge is 0.462 e. The van der Waals surface area contributed by atoms with Gasteiger partial charge in [0.25, 0.3) is 0 Å². The molecule has 0 radical (unpaired) electrons. The van der Waals surface area contributed by atoms with E-state index < -0.39 is 18.2 Å². The summed E-state index contributed by atoms with van der Waals surface area (Å²) in [6.07, 6.45) is 64.9. The Morgan fingerprint density at radius 2 is 0.773 bits per heavy atom. The smallest absolute Gasteiger partial charge is 0.306 e. The second-order valence-electron chi connectivity index (χ2n) is 20.1. The maximum atomic E-state index is 13.3. The van der Waals surface area contributed by atoms with Crippen LogP contribution in [0.5, 0.6) is 0 Å². The number of aliphatic hydroxyl groups excluding tert-OH is 2. The van der Waals surface area contributed by atoms with Crippen molar-refractivity contribution in [2.45, 2.75) is 328 Å². The summed E-state index contributed by atoms with van der Waals surface area (Å²) in [6, 6.07) is -0.701. The van der Waals surface area contributed by atoms with Crippen LogP contribution in [0.25, 0.3) is 0 Å². The number of esters is 1. The fraction of sp³-hybridized carbons (Fsp3) is 0.867. The third-order valence-corrected chi connectivity index (χ3v) is 13.5. The Kier molecular flexibility index (Phi) is 52.5. The first kappa shape index (κ1) is 64.1. The minimum atomic E-state index is -0.788. The molecule has 0 bridgehead atoms. The Bertz CT molecular complexity index is 1090. The summed E-state index contributed by atoms with van der Waals surface area (Å²) in [4.78, 5) is 26.3. The number of carbonyl (C=O) groups excluding carboxylic acids is 2. The lowest BCUT2D eigenvalue weighted by molar-refractivity contribution is -0.151. The molecule has 0 aliphatic heterocycles. The van der Waals surface area contributed by atoms with Crippen molar-refractivity contribution in [1.82, 2.24) is 5.32 Å². The topological polar surface area (TPSA) is 95.9 Å². The number of unbranched alkanes of at least 4 members (excludes halogenated alkanes) is 35. The van der Waals surface area contributed by atoms with E-state index in [1.165, 1.54) is 199 Å². The molecule has 0 aromatic carbocycles. The number of hydrogen-bond donors (Lipinski definition) is 3. The highest BCUT2D eigenvalue weighted by Gasteiger charge is 2.24. The van der Waals surface area contributed by atoms with Crippen LogP contribution in [0.4, 0.5) is 0 Å². The average molecular weight is 929 g/mol. The molecular weight excluding hydrogens is 815 g/mol. The number of amides is 1. The SMILES string of the molecule is CCCCC/C=C\C/C=C\C/C=C\CCCCCCCCC(=O)OC(CCCCCCCCCCCCCCCC)CC(=O)NC(CO)C(O)CCCCCCCCCCCCCCCC. The van der Waals surface area contributed by atoms with Crippen LogP contribution < -0.4 is 5.32 Å². The van der Waals surface area contributed by atoms with Gasteiger partial charge in [0.1, 0.15) is 6.10 Å². The predicted molar refractivity (Wildman–Crippen MR) is 287 cm³/mol. The quantitative estimate of drug-likeness (QED) is 0.0321. The van der Waals surface area contributed by atoms with Gasteiger partial charge < -0.3 is 20.3 Å². The second kappa shape index (κ2) is 54.0. The fourth-order valence-electron chi connectivity index (χ4n) is 9.03. The molecule has 3 N–H and O–H groups in total. The third kappa shape index (κ3) is 48.5. The van der Waals surface area contributed by atoms with Crippen LogP contribution in [0.15, 0.2) is 36.5 Å². The summed E-state index contributed by atoms with van der Waals surface area (Å²) in [5, 5.41) is 23.9. The van der Waals surface area contributed by atoms with Gasteiger partial charge in [0.2, 0.25) is 5.91 Å². The number of ether oxygens (including phenoxy) is 1. The maximum absolute atomic E-state index is 13.3. The second-order valence-corrected chi connectivity index (χ2v) is 20.1. The van der Waals surface area contributed by atoms with E-state index >= 15 is 0 Å². The molecule has 66 heavy (non-hydrogen) atoms. The molecule has 0 heterocycles. The van der Waals surface area contributed by atoms with Gasteiger partial charge in [-0.05, 0) is 64.2 Å². The Balaban J connectivity index is 4.53. The highest BCUT2D eigenvalue weighted by Crippen LogP contribution is 2.19. The van der Waals surface area contributed by atoms with Crippen LogP contribution >= 0.6 is 0 Å². The van der Waals surface area contributed by atoms with E-state index in [-0.39, 0.29) is 24.9 Å². The fourth-order valence-corrected chi connectivity index (χ4v) is 9.03. The first-order valence-corrected chi connectivity index (χ1v) is 29.2. The van der Waals surface area contributed by atoms with Gasteiger partial charge >= 0.3 is 5.97 Å². The van der Waals surface area contributed by atoms with Crippen molar-refractivity contribution in [1.29, 1.82) is 0 Å². The van der Waals surface area contributed by atoms with Gasteiger partial charge in [-0.15, -0.1) is 0 Å². The van der Waals surface area contributed by atoms with Gasteiger partial charge in [-0.2, -0.15) is 0 Å². The summed E-state index contributed by atoms with van der Waals surface area (Å²) in [7, 11) is 0. The molecule has 0 saturated carbocycles. The number of aliphatic hydroxyl groups is 2. The van der Waals surface area contributed by atoms with Crippen molar-refractivity contribution < 1.29 is 24.5 Å². The van der Waals surface area contributed by atoms with E-state index in [0.29, 0.717) is 19.3 Å². The molecule has 0 spiro atoms. The Morgan fingerprint density at radius 1 is 0.439 bits per heavy atom. The van der Waals surface area contributed by atoms with Crippen molar-refractivity contribution >= 4 is 11.9 Å². The molecule has 0 aliphatic carbocycles. The molecule has 3 atom stereocenters. The molecule has 0 aromatic rings. The highest BCUT2D eigenvalue weighted by molar-refractivity contribution is 5.77. The van der Waals surface area contributed by atoms with Crippen LogP contribution in [-0.4, -0.2) is 46.9 Å². The van der Waals surface area contributed by atoms with E-state index in [1.54, 1.807) is 0 Å². The zero-order valence-electron chi connectivity index (χ0n) is 44.3. The molecule has 0 aromatic heterocycles. The number of nitrogens with one attached hydrogen (secondary N) is 1. The van der Waals surface area contributed by atoms with Gasteiger partial charge in [-0.25, -0.2) is 0 Å². The van der Waals surface area contributed by atoms with Crippen LogP contribution in [0.1, 0.15) is 310 Å². The Hall–Kier alpha value is -1.92. The minimum absolute atomic E-state index is 0.0769. The van der Waals surface area contributed by atoms with E-state index in [2.05, 4.69) is 62.5 Å². The van der Waals surface area contributed by atoms with E-state index in [0.717, 1.165) is 64.2 Å². The number of allylic oxidation sites excluding steroid dienone is 6. The first-order chi connectivity index (χ1) is 32.5. The number of rotatable bonds is 53. The van der Waals surface area contributed by atoms with Crippen LogP contribution in [0, 0.1) is 0 Å². The van der Waals surface area contributed by atoms with E-state index in [4.69, 9.17) is 4.74 Å². The molecule has 0 saturated heterocycles. The van der Waals surface area contributed by atoms with E-state index in [9.17, 15) is 19.8 Å². The molecular formula is C60H113NO5. The van der Waals surface area contributed by atoms with Crippen molar-refractivity contribution in [3.05, 3.63) is 36.5 Å². The van der Waals surface area contributed by atoms with Gasteiger partial charge in [0, 0.05) is 6.42 Å². The summed E-state index contributed by atoms with van der Waals surface area (Å²) < 4.78 is 5.96. The molecule has 1 amide bonds. The monoisotopic (exact) mass is 928 g/mol. The highest BCUT2D eigenvalue weighted by atomic mass is 16.5. The Morgan fingerprint density at radius 3 is 1.20 bits per heavy atom. The Labute approximate surface area is 411 Å². The summed E-state index contributed by atoms with van der Waals surface area (Å²) in [5.41, 5.74) is 0. The predicted octanol–water partition coefficient (Wildman–Crippen LogP) is 18.0. The van der Waals surface area contributed by atoms with Gasteiger partial charge in [-0.1, -0.05) is 269 Å². The molecule has 0 aliphatic rings. The lowest BCUT2D eigenvalue weighted by Crippen LogP contribution is -2.46. The van der Waals surface area contributed by atoms with Gasteiger partial charge in [-0.3, -0.25) is 9.59 Å². The normalized spacial score (nSPS) is 13.3. The van der Waals surface area contributed by atoms with E-state index in [1.807, 2.05) is 0 Å². The zero-order chi connectivity index (χ0) is 48.1. The molecule has 3 unspecified atom stereocenters. The number of hydrogen-bond acceptors (Lipinski definition) is 5. The first-order valence-electron chi connectivity index (χ1n) is 29.2. The molecule has 0 fully saturated rings. The maximum Gasteiger partial charge on any atom is 0.306 e. The average Bonchev–Trinajstić information content (AvgIpc) is 3.31. The lowest BCUT2D eigenvalue weighted by Gasteiger charge is -2.24. The van der Waals surface area contributed by atoms with Crippen molar-refractivity contribution in [2.24, 2.45) is 0 Å². The molecule has 6 heteroatoms. The molecule has 0 rings (SSSR count). The standard InChI is InChI=1S/C60H113NO5/c1-4-7-10-13-16-19-22-25-28-29-30-31-32-35-38-41-44-47-50-53-60(65)66-56(51-48-45-42-39-36-33-26-23-20-17-14-11-8-5-2)54-59(64)61-57(55-62)58(63)52-49-46-43-40-37-34-27-24-21-18-15-12-9-6-3/h16,19,25,28,30-31,56-58,62-63H,4-15,17-18,20-24,26-27,29,32-55H2,1-3H3,(H,61,64)/b19-16-,28-25-,31-30-. The van der Waals surface area contributed by atoms with Gasteiger partial charge in [0.05, 0.1) is 25.2 Å². The van der Waals surface area contributed by atoms with Crippen LogP contribution in [0.2, 0.25) is 0 Å². The third-order valence-electron chi connectivity index (χ3n) is 13.5. The number of carbonyl (C=O) groups is 2. The van der Waals surface area contributed by atoms with Crippen molar-refractivity contribution in [3.63, 3.8) is 0 Å². The van der Waals surface area contributed by atoms with Crippen LogP contribution in [-0.2, 0) is 14.3 Å². The zero-order valence-corrected chi connectivity index (χ0v) is 44.3.